The highest BCUT2D eigenvalue weighted by molar-refractivity contribution is 5.74. The number of nitrogens with two attached hydrogens (primary N) is 1. The van der Waals surface area contributed by atoms with Crippen molar-refractivity contribution in [2.24, 2.45) is 5.73 Å². The van der Waals surface area contributed by atoms with Crippen LogP contribution in [-0.2, 0) is 4.79 Å². The molecule has 0 aliphatic carbocycles. The molecule has 0 aromatic heterocycles. The van der Waals surface area contributed by atoms with Gasteiger partial charge in [0.15, 0.2) is 0 Å². The van der Waals surface area contributed by atoms with Gasteiger partial charge in [-0.3, -0.25) is 4.79 Å². The van der Waals surface area contributed by atoms with Crippen LogP contribution in [-0.4, -0.2) is 28.6 Å². The molecule has 1 aromatic carbocycles. The second-order valence-electron chi connectivity index (χ2n) is 3.77. The van der Waals surface area contributed by atoms with E-state index in [-0.39, 0.29) is 5.56 Å². The summed E-state index contributed by atoms with van der Waals surface area (Å²) in [6, 6.07) is 4.77. The SMILES string of the molecule is NC(=O)CC(O)C(O)c1ccccc1OC(F)(F)F. The maximum absolute atomic E-state index is 12.2. The smallest absolute Gasteiger partial charge is 0.405 e. The lowest BCUT2D eigenvalue weighted by molar-refractivity contribution is -0.275. The van der Waals surface area contributed by atoms with Crippen LogP contribution in [0.3, 0.4) is 0 Å². The average molecular weight is 279 g/mol. The van der Waals surface area contributed by atoms with Gasteiger partial charge in [0.25, 0.3) is 0 Å². The fourth-order valence-corrected chi connectivity index (χ4v) is 1.47. The Bertz CT molecular complexity index is 450. The summed E-state index contributed by atoms with van der Waals surface area (Å²) in [5, 5.41) is 19.2. The Morgan fingerprint density at radius 1 is 1.32 bits per heavy atom. The highest BCUT2D eigenvalue weighted by Crippen LogP contribution is 2.32. The van der Waals surface area contributed by atoms with Crippen LogP contribution in [0.5, 0.6) is 5.75 Å². The van der Waals surface area contributed by atoms with E-state index in [4.69, 9.17) is 5.73 Å². The Morgan fingerprint density at radius 2 is 1.89 bits per heavy atom. The number of benzene rings is 1. The largest absolute Gasteiger partial charge is 0.573 e. The number of carbonyl (C=O) groups excluding carboxylic acids is 1. The minimum Gasteiger partial charge on any atom is -0.405 e. The number of hydrogen-bond donors (Lipinski definition) is 3. The summed E-state index contributed by atoms with van der Waals surface area (Å²) in [5.74, 6) is -1.54. The van der Waals surface area contributed by atoms with Crippen molar-refractivity contribution in [3.05, 3.63) is 29.8 Å². The van der Waals surface area contributed by atoms with Crippen LogP contribution in [0, 0.1) is 0 Å². The molecule has 0 aliphatic rings. The van der Waals surface area contributed by atoms with Gasteiger partial charge >= 0.3 is 6.36 Å². The molecule has 19 heavy (non-hydrogen) atoms. The molecule has 8 heteroatoms. The van der Waals surface area contributed by atoms with Crippen LogP contribution in [0.25, 0.3) is 0 Å². The van der Waals surface area contributed by atoms with Crippen LogP contribution in [0.4, 0.5) is 13.2 Å². The molecular weight excluding hydrogens is 267 g/mol. The standard InChI is InChI=1S/C11H12F3NO4/c12-11(13,14)19-8-4-2-1-3-6(8)10(18)7(16)5-9(15)17/h1-4,7,10,16,18H,5H2,(H2,15,17). The fourth-order valence-electron chi connectivity index (χ4n) is 1.47. The monoisotopic (exact) mass is 279 g/mol. The number of hydrogen-bond acceptors (Lipinski definition) is 4. The molecular formula is C11H12F3NO4. The number of carbonyl (C=O) groups is 1. The van der Waals surface area contributed by atoms with E-state index in [2.05, 4.69) is 4.74 Å². The summed E-state index contributed by atoms with van der Waals surface area (Å²) in [6.45, 7) is 0. The molecule has 5 nitrogen and oxygen atoms in total. The van der Waals surface area contributed by atoms with E-state index < -0.39 is 36.6 Å². The zero-order valence-electron chi connectivity index (χ0n) is 9.59. The molecule has 0 saturated heterocycles. The number of halogens is 3. The maximum atomic E-state index is 12.2. The molecule has 2 unspecified atom stereocenters. The van der Waals surface area contributed by atoms with Crippen molar-refractivity contribution in [2.75, 3.05) is 0 Å². The Labute approximate surface area is 106 Å². The predicted octanol–water partition coefficient (Wildman–Crippen LogP) is 0.855. The highest BCUT2D eigenvalue weighted by atomic mass is 19.4. The Balaban J connectivity index is 2.96. The van der Waals surface area contributed by atoms with Gasteiger partial charge < -0.3 is 20.7 Å². The molecule has 1 aromatic rings. The van der Waals surface area contributed by atoms with Crippen LogP contribution >= 0.6 is 0 Å². The van der Waals surface area contributed by atoms with Crippen LogP contribution in [0.2, 0.25) is 0 Å². The second-order valence-corrected chi connectivity index (χ2v) is 3.77. The lowest BCUT2D eigenvalue weighted by atomic mass is 10.0. The zero-order chi connectivity index (χ0) is 14.6. The lowest BCUT2D eigenvalue weighted by Gasteiger charge is -2.20. The van der Waals surface area contributed by atoms with Crippen molar-refractivity contribution in [1.29, 1.82) is 0 Å². The zero-order valence-corrected chi connectivity index (χ0v) is 9.59. The summed E-state index contributed by atoms with van der Waals surface area (Å²) >= 11 is 0. The van der Waals surface area contributed by atoms with E-state index in [1.807, 2.05) is 0 Å². The molecule has 0 heterocycles. The van der Waals surface area contributed by atoms with Gasteiger partial charge in [-0.1, -0.05) is 18.2 Å². The first-order valence-electron chi connectivity index (χ1n) is 5.20. The summed E-state index contributed by atoms with van der Waals surface area (Å²) in [5.41, 5.74) is 4.54. The lowest BCUT2D eigenvalue weighted by Crippen LogP contribution is -2.27. The first kappa shape index (κ1) is 15.3. The number of ether oxygens (including phenoxy) is 1. The van der Waals surface area contributed by atoms with Crippen molar-refractivity contribution in [3.8, 4) is 5.75 Å². The maximum Gasteiger partial charge on any atom is 0.573 e. The number of alkyl halides is 3. The second kappa shape index (κ2) is 5.89. The van der Waals surface area contributed by atoms with Gasteiger partial charge in [-0.05, 0) is 6.07 Å². The molecule has 0 aliphatic heterocycles. The van der Waals surface area contributed by atoms with Crippen LogP contribution < -0.4 is 10.5 Å². The minimum absolute atomic E-state index is 0.284. The number of aliphatic hydroxyl groups excluding tert-OH is 2. The third-order valence-corrected chi connectivity index (χ3v) is 2.24. The van der Waals surface area contributed by atoms with E-state index in [0.717, 1.165) is 12.1 Å². The van der Waals surface area contributed by atoms with Crippen LogP contribution in [0.1, 0.15) is 18.1 Å². The highest BCUT2D eigenvalue weighted by Gasteiger charge is 2.33. The molecule has 1 rings (SSSR count). The molecule has 0 radical (unpaired) electrons. The Kier molecular flexibility index (Phi) is 4.73. The van der Waals surface area contributed by atoms with Gasteiger partial charge in [-0.15, -0.1) is 13.2 Å². The van der Waals surface area contributed by atoms with Gasteiger partial charge in [-0.2, -0.15) is 0 Å². The van der Waals surface area contributed by atoms with Gasteiger partial charge in [0.1, 0.15) is 11.9 Å². The first-order chi connectivity index (χ1) is 8.70. The quantitative estimate of drug-likeness (QED) is 0.745. The van der Waals surface area contributed by atoms with Crippen molar-refractivity contribution in [1.82, 2.24) is 0 Å². The van der Waals surface area contributed by atoms with Crippen molar-refractivity contribution in [3.63, 3.8) is 0 Å². The normalized spacial score (nSPS) is 14.8. The summed E-state index contributed by atoms with van der Waals surface area (Å²) in [7, 11) is 0. The predicted molar refractivity (Wildman–Crippen MR) is 57.9 cm³/mol. The van der Waals surface area contributed by atoms with Crippen molar-refractivity contribution >= 4 is 5.91 Å². The molecule has 4 N–H and O–H groups in total. The topological polar surface area (TPSA) is 92.8 Å². The molecule has 0 spiro atoms. The number of rotatable bonds is 5. The fraction of sp³-hybridized carbons (Fsp3) is 0.364. The van der Waals surface area contributed by atoms with E-state index >= 15 is 0 Å². The Hall–Kier alpha value is -1.80. The molecule has 0 bridgehead atoms. The summed E-state index contributed by atoms with van der Waals surface area (Å²) in [6.07, 6.45) is -8.84. The summed E-state index contributed by atoms with van der Waals surface area (Å²) in [4.78, 5) is 10.6. The number of amides is 1. The van der Waals surface area contributed by atoms with Crippen molar-refractivity contribution < 1.29 is 32.9 Å². The summed E-state index contributed by atoms with van der Waals surface area (Å²) < 4.78 is 40.2. The number of aliphatic hydroxyl groups is 2. The third-order valence-electron chi connectivity index (χ3n) is 2.24. The van der Waals surface area contributed by atoms with Gasteiger partial charge in [0, 0.05) is 5.56 Å². The van der Waals surface area contributed by atoms with E-state index in [1.54, 1.807) is 0 Å². The number of para-hydroxylation sites is 1. The van der Waals surface area contributed by atoms with E-state index in [9.17, 15) is 28.2 Å². The van der Waals surface area contributed by atoms with Gasteiger partial charge in [0.2, 0.25) is 5.91 Å². The van der Waals surface area contributed by atoms with E-state index in [1.165, 1.54) is 12.1 Å². The van der Waals surface area contributed by atoms with Gasteiger partial charge in [-0.25, -0.2) is 0 Å². The molecule has 106 valence electrons. The minimum atomic E-state index is -4.93. The van der Waals surface area contributed by atoms with Crippen LogP contribution in [0.15, 0.2) is 24.3 Å². The average Bonchev–Trinajstić information content (AvgIpc) is 2.25. The molecule has 1 amide bonds. The molecule has 0 fully saturated rings. The molecule has 0 saturated carbocycles. The molecule has 2 atom stereocenters. The van der Waals surface area contributed by atoms with Gasteiger partial charge in [0.05, 0.1) is 12.5 Å². The number of primary amides is 1. The van der Waals surface area contributed by atoms with Crippen molar-refractivity contribution in [2.45, 2.75) is 25.0 Å². The van der Waals surface area contributed by atoms with E-state index in [0.29, 0.717) is 0 Å². The Morgan fingerprint density at radius 3 is 2.42 bits per heavy atom. The first-order valence-corrected chi connectivity index (χ1v) is 5.20. The third kappa shape index (κ3) is 4.76.